The first-order valence-electron chi connectivity index (χ1n) is 8.42. The highest BCUT2D eigenvalue weighted by Gasteiger charge is 2.21. The molecule has 2 rings (SSSR count). The van der Waals surface area contributed by atoms with Gasteiger partial charge in [0.1, 0.15) is 0 Å². The summed E-state index contributed by atoms with van der Waals surface area (Å²) in [5.41, 5.74) is 6.79. The summed E-state index contributed by atoms with van der Waals surface area (Å²) in [7, 11) is 0. The maximum atomic E-state index is 12.1. The molecule has 0 radical (unpaired) electrons. The largest absolute Gasteiger partial charge is 0.366 e. The number of primary amides is 1. The zero-order valence-corrected chi connectivity index (χ0v) is 13.8. The molecule has 4 N–H and O–H groups in total. The minimum Gasteiger partial charge on any atom is -0.366 e. The van der Waals surface area contributed by atoms with E-state index in [-0.39, 0.29) is 5.91 Å². The lowest BCUT2D eigenvalue weighted by Crippen LogP contribution is -2.34. The normalized spacial score (nSPS) is 16.7. The Morgan fingerprint density at radius 2 is 2.09 bits per heavy atom. The Hall–Kier alpha value is -1.88. The van der Waals surface area contributed by atoms with Gasteiger partial charge in [0.2, 0.25) is 11.8 Å². The molecule has 0 saturated carbocycles. The number of piperidine rings is 1. The van der Waals surface area contributed by atoms with E-state index in [0.29, 0.717) is 36.8 Å². The van der Waals surface area contributed by atoms with Crippen molar-refractivity contribution in [1.82, 2.24) is 10.6 Å². The van der Waals surface area contributed by atoms with E-state index < -0.39 is 5.91 Å². The lowest BCUT2D eigenvalue weighted by atomic mass is 9.84. The second-order valence-electron chi connectivity index (χ2n) is 6.43. The third kappa shape index (κ3) is 5.67. The summed E-state index contributed by atoms with van der Waals surface area (Å²) in [6.45, 7) is 4.88. The van der Waals surface area contributed by atoms with Crippen molar-refractivity contribution in [3.63, 3.8) is 0 Å². The van der Waals surface area contributed by atoms with Gasteiger partial charge in [-0.15, -0.1) is 0 Å². The van der Waals surface area contributed by atoms with Crippen molar-refractivity contribution < 1.29 is 9.59 Å². The van der Waals surface area contributed by atoms with Crippen LogP contribution in [0.25, 0.3) is 0 Å². The highest BCUT2D eigenvalue weighted by molar-refractivity contribution is 5.92. The first-order chi connectivity index (χ1) is 11.1. The SMILES string of the molecule is CC(CC(=O)NCCc1cccc(C(N)=O)c1)C1CCNCC1. The van der Waals surface area contributed by atoms with Gasteiger partial charge in [-0.2, -0.15) is 0 Å². The molecule has 126 valence electrons. The van der Waals surface area contributed by atoms with Crippen molar-refractivity contribution in [1.29, 1.82) is 0 Å². The molecule has 1 atom stereocenters. The molecule has 1 aromatic carbocycles. The molecule has 1 aliphatic heterocycles. The Labute approximate surface area is 138 Å². The fourth-order valence-electron chi connectivity index (χ4n) is 3.17. The number of hydrogen-bond acceptors (Lipinski definition) is 3. The molecule has 1 saturated heterocycles. The summed E-state index contributed by atoms with van der Waals surface area (Å²) < 4.78 is 0. The van der Waals surface area contributed by atoms with E-state index in [4.69, 9.17) is 5.73 Å². The molecule has 0 spiro atoms. The van der Waals surface area contributed by atoms with Crippen molar-refractivity contribution in [3.8, 4) is 0 Å². The van der Waals surface area contributed by atoms with E-state index in [0.717, 1.165) is 31.5 Å². The third-order valence-electron chi connectivity index (χ3n) is 4.64. The monoisotopic (exact) mass is 317 g/mol. The molecule has 0 aromatic heterocycles. The Bertz CT molecular complexity index is 539. The summed E-state index contributed by atoms with van der Waals surface area (Å²) in [4.78, 5) is 23.2. The summed E-state index contributed by atoms with van der Waals surface area (Å²) in [5, 5.41) is 6.33. The molecule has 1 aliphatic rings. The van der Waals surface area contributed by atoms with Crippen molar-refractivity contribution in [2.45, 2.75) is 32.6 Å². The first kappa shape index (κ1) is 17.5. The summed E-state index contributed by atoms with van der Waals surface area (Å²) in [5.74, 6) is 0.762. The number of rotatable bonds is 7. The maximum absolute atomic E-state index is 12.1. The van der Waals surface area contributed by atoms with Crippen LogP contribution in [0.5, 0.6) is 0 Å². The molecular weight excluding hydrogens is 290 g/mol. The Morgan fingerprint density at radius 1 is 1.35 bits per heavy atom. The molecule has 1 unspecified atom stereocenters. The molecule has 1 heterocycles. The van der Waals surface area contributed by atoms with Crippen LogP contribution in [0.15, 0.2) is 24.3 Å². The molecule has 23 heavy (non-hydrogen) atoms. The molecule has 5 heteroatoms. The standard InChI is InChI=1S/C18H27N3O2/c1-13(15-6-8-20-9-7-15)11-17(22)21-10-5-14-3-2-4-16(12-14)18(19)23/h2-4,12-13,15,20H,5-11H2,1H3,(H2,19,23)(H,21,22). The van der Waals surface area contributed by atoms with E-state index in [1.807, 2.05) is 12.1 Å². The van der Waals surface area contributed by atoms with Gasteiger partial charge in [0.05, 0.1) is 0 Å². The molecular formula is C18H27N3O2. The van der Waals surface area contributed by atoms with E-state index in [1.54, 1.807) is 12.1 Å². The van der Waals surface area contributed by atoms with E-state index >= 15 is 0 Å². The summed E-state index contributed by atoms with van der Waals surface area (Å²) in [6, 6.07) is 7.24. The predicted octanol–water partition coefficient (Wildman–Crippen LogP) is 1.47. The van der Waals surface area contributed by atoms with E-state index in [9.17, 15) is 9.59 Å². The number of nitrogens with two attached hydrogens (primary N) is 1. The van der Waals surface area contributed by atoms with Crippen LogP contribution in [0, 0.1) is 11.8 Å². The Balaban J connectivity index is 1.72. The van der Waals surface area contributed by atoms with Crippen LogP contribution in [-0.2, 0) is 11.2 Å². The quantitative estimate of drug-likeness (QED) is 0.712. The molecule has 2 amide bonds. The van der Waals surface area contributed by atoms with Crippen LogP contribution in [0.3, 0.4) is 0 Å². The van der Waals surface area contributed by atoms with Gasteiger partial charge < -0.3 is 16.4 Å². The molecule has 5 nitrogen and oxygen atoms in total. The van der Waals surface area contributed by atoms with E-state index in [2.05, 4.69) is 17.6 Å². The number of hydrogen-bond donors (Lipinski definition) is 3. The van der Waals surface area contributed by atoms with Gasteiger partial charge in [0.15, 0.2) is 0 Å². The van der Waals surface area contributed by atoms with Gasteiger partial charge in [-0.1, -0.05) is 19.1 Å². The fraction of sp³-hybridized carbons (Fsp3) is 0.556. The average molecular weight is 317 g/mol. The smallest absolute Gasteiger partial charge is 0.248 e. The van der Waals surface area contributed by atoms with Crippen LogP contribution in [0.2, 0.25) is 0 Å². The van der Waals surface area contributed by atoms with Crippen molar-refractivity contribution in [3.05, 3.63) is 35.4 Å². The molecule has 0 aliphatic carbocycles. The lowest BCUT2D eigenvalue weighted by Gasteiger charge is -2.27. The predicted molar refractivity (Wildman–Crippen MR) is 91.0 cm³/mol. The van der Waals surface area contributed by atoms with Crippen LogP contribution in [0.4, 0.5) is 0 Å². The fourth-order valence-corrected chi connectivity index (χ4v) is 3.17. The van der Waals surface area contributed by atoms with Gasteiger partial charge in [0, 0.05) is 18.5 Å². The van der Waals surface area contributed by atoms with Crippen LogP contribution >= 0.6 is 0 Å². The van der Waals surface area contributed by atoms with Crippen molar-refractivity contribution in [2.24, 2.45) is 17.6 Å². The van der Waals surface area contributed by atoms with Crippen molar-refractivity contribution >= 4 is 11.8 Å². The first-order valence-corrected chi connectivity index (χ1v) is 8.42. The van der Waals surface area contributed by atoms with Gasteiger partial charge in [-0.05, 0) is 61.9 Å². The van der Waals surface area contributed by atoms with Crippen LogP contribution in [0.1, 0.15) is 42.1 Å². The molecule has 0 bridgehead atoms. The zero-order chi connectivity index (χ0) is 16.7. The minimum absolute atomic E-state index is 0.113. The number of benzene rings is 1. The third-order valence-corrected chi connectivity index (χ3v) is 4.64. The topological polar surface area (TPSA) is 84.2 Å². The molecule has 1 aromatic rings. The summed E-state index contributed by atoms with van der Waals surface area (Å²) in [6.07, 6.45) is 3.61. The number of nitrogens with one attached hydrogen (secondary N) is 2. The Morgan fingerprint density at radius 3 is 2.78 bits per heavy atom. The average Bonchev–Trinajstić information content (AvgIpc) is 2.56. The lowest BCUT2D eigenvalue weighted by molar-refractivity contribution is -0.122. The maximum Gasteiger partial charge on any atom is 0.248 e. The van der Waals surface area contributed by atoms with Gasteiger partial charge >= 0.3 is 0 Å². The van der Waals surface area contributed by atoms with Gasteiger partial charge in [0.25, 0.3) is 0 Å². The highest BCUT2D eigenvalue weighted by Crippen LogP contribution is 2.24. The number of carbonyl (C=O) groups excluding carboxylic acids is 2. The highest BCUT2D eigenvalue weighted by atomic mass is 16.1. The van der Waals surface area contributed by atoms with Gasteiger partial charge in [-0.3, -0.25) is 9.59 Å². The number of amides is 2. The number of carbonyl (C=O) groups is 2. The second kappa shape index (κ2) is 8.67. The molecule has 1 fully saturated rings. The van der Waals surface area contributed by atoms with Crippen LogP contribution in [-0.4, -0.2) is 31.4 Å². The van der Waals surface area contributed by atoms with Crippen LogP contribution < -0.4 is 16.4 Å². The second-order valence-corrected chi connectivity index (χ2v) is 6.43. The zero-order valence-electron chi connectivity index (χ0n) is 13.8. The van der Waals surface area contributed by atoms with E-state index in [1.165, 1.54) is 0 Å². The summed E-state index contributed by atoms with van der Waals surface area (Å²) >= 11 is 0. The minimum atomic E-state index is -0.424. The van der Waals surface area contributed by atoms with Crippen molar-refractivity contribution in [2.75, 3.05) is 19.6 Å². The Kier molecular flexibility index (Phi) is 6.59. The van der Waals surface area contributed by atoms with Gasteiger partial charge in [-0.25, -0.2) is 0 Å².